The van der Waals surface area contributed by atoms with Crippen molar-refractivity contribution in [3.05, 3.63) is 33.9 Å². The highest BCUT2D eigenvalue weighted by Crippen LogP contribution is 2.15. The lowest BCUT2D eigenvalue weighted by Crippen LogP contribution is -1.97. The molecule has 1 N–H and O–H groups in total. The van der Waals surface area contributed by atoms with Crippen molar-refractivity contribution >= 4 is 0 Å². The number of aryl methyl sites for hydroxylation is 2. The van der Waals surface area contributed by atoms with Crippen LogP contribution in [0, 0.1) is 13.8 Å². The van der Waals surface area contributed by atoms with Gasteiger partial charge in [0.25, 0.3) is 0 Å². The second-order valence-electron chi connectivity index (χ2n) is 3.06. The molecule has 2 aromatic rings. The maximum Gasteiger partial charge on any atom is 0.439 e. The van der Waals surface area contributed by atoms with Gasteiger partial charge in [0, 0.05) is 5.69 Å². The molecule has 2 aromatic heterocycles. The van der Waals surface area contributed by atoms with Crippen LogP contribution < -0.4 is 5.76 Å². The first kappa shape index (κ1) is 8.68. The summed E-state index contributed by atoms with van der Waals surface area (Å²) in [5.41, 5.74) is 2.46. The molecule has 0 saturated carbocycles. The summed E-state index contributed by atoms with van der Waals surface area (Å²) in [4.78, 5) is 17.5. The van der Waals surface area contributed by atoms with E-state index in [-0.39, 0.29) is 0 Å². The van der Waals surface area contributed by atoms with Crippen LogP contribution >= 0.6 is 0 Å². The predicted octanol–water partition coefficient (Wildman–Crippen LogP) is 1.04. The molecule has 0 bridgehead atoms. The van der Waals surface area contributed by atoms with Crippen molar-refractivity contribution in [3.8, 4) is 11.5 Å². The highest BCUT2D eigenvalue weighted by atomic mass is 16.5. The van der Waals surface area contributed by atoms with E-state index in [0.29, 0.717) is 11.5 Å². The predicted molar refractivity (Wildman–Crippen MR) is 49.8 cm³/mol. The van der Waals surface area contributed by atoms with E-state index in [0.717, 1.165) is 11.3 Å². The Morgan fingerprint density at radius 2 is 2.14 bits per heavy atom. The lowest BCUT2D eigenvalue weighted by molar-refractivity contribution is 0.387. The Hall–Kier alpha value is -1.91. The first-order valence-corrected chi connectivity index (χ1v) is 4.17. The fourth-order valence-corrected chi connectivity index (χ4v) is 1.20. The molecule has 0 saturated heterocycles. The minimum absolute atomic E-state index is 0.371. The average Bonchev–Trinajstić information content (AvgIpc) is 2.56. The smallest absolute Gasteiger partial charge is 0.296 e. The Balaban J connectivity index is 2.61. The van der Waals surface area contributed by atoms with Crippen molar-refractivity contribution in [2.45, 2.75) is 13.8 Å². The van der Waals surface area contributed by atoms with Crippen molar-refractivity contribution in [2.24, 2.45) is 0 Å². The van der Waals surface area contributed by atoms with E-state index < -0.39 is 5.76 Å². The Morgan fingerprint density at radius 3 is 2.79 bits per heavy atom. The maximum atomic E-state index is 10.7. The largest absolute Gasteiger partial charge is 0.439 e. The molecule has 2 rings (SSSR count). The molecule has 72 valence electrons. The highest BCUT2D eigenvalue weighted by Gasteiger charge is 2.08. The van der Waals surface area contributed by atoms with Gasteiger partial charge in [-0.15, -0.1) is 0 Å². The zero-order valence-electron chi connectivity index (χ0n) is 7.87. The molecule has 0 fully saturated rings. The number of aromatic nitrogens is 3. The highest BCUT2D eigenvalue weighted by molar-refractivity contribution is 5.53. The van der Waals surface area contributed by atoms with Gasteiger partial charge >= 0.3 is 5.76 Å². The summed E-state index contributed by atoms with van der Waals surface area (Å²) < 4.78 is 4.41. The molecular weight excluding hydrogens is 182 g/mol. The van der Waals surface area contributed by atoms with Crippen LogP contribution in [0.4, 0.5) is 0 Å². The topological polar surface area (TPSA) is 71.8 Å². The van der Waals surface area contributed by atoms with Crippen LogP contribution in [0.1, 0.15) is 11.3 Å². The quantitative estimate of drug-likeness (QED) is 0.731. The molecule has 2 heterocycles. The SMILES string of the molecule is Cc1ccc(C)c(-c2noc(=O)[nH]2)n1. The van der Waals surface area contributed by atoms with E-state index in [1.165, 1.54) is 0 Å². The number of H-pyrrole nitrogens is 1. The first-order chi connectivity index (χ1) is 6.66. The summed E-state index contributed by atoms with van der Waals surface area (Å²) in [5.74, 6) is -0.195. The van der Waals surface area contributed by atoms with Crippen LogP contribution in [0.15, 0.2) is 21.5 Å². The number of pyridine rings is 1. The number of nitrogens with zero attached hydrogens (tertiary/aromatic N) is 2. The third kappa shape index (κ3) is 1.44. The summed E-state index contributed by atoms with van der Waals surface area (Å²) in [6, 6.07) is 3.82. The summed E-state index contributed by atoms with van der Waals surface area (Å²) in [7, 11) is 0. The monoisotopic (exact) mass is 191 g/mol. The number of aromatic amines is 1. The first-order valence-electron chi connectivity index (χ1n) is 4.17. The number of nitrogens with one attached hydrogen (secondary N) is 1. The van der Waals surface area contributed by atoms with E-state index in [4.69, 9.17) is 0 Å². The minimum Gasteiger partial charge on any atom is -0.296 e. The Bertz CT molecular complexity index is 513. The average molecular weight is 191 g/mol. The molecule has 0 aliphatic carbocycles. The molecule has 5 heteroatoms. The third-order valence-electron chi connectivity index (χ3n) is 1.90. The minimum atomic E-state index is -0.567. The van der Waals surface area contributed by atoms with Gasteiger partial charge in [0.1, 0.15) is 5.69 Å². The fourth-order valence-electron chi connectivity index (χ4n) is 1.20. The third-order valence-corrected chi connectivity index (χ3v) is 1.90. The Kier molecular flexibility index (Phi) is 1.92. The van der Waals surface area contributed by atoms with Gasteiger partial charge in [-0.1, -0.05) is 11.2 Å². The van der Waals surface area contributed by atoms with Crippen molar-refractivity contribution in [1.82, 2.24) is 15.1 Å². The van der Waals surface area contributed by atoms with Crippen molar-refractivity contribution in [2.75, 3.05) is 0 Å². The lowest BCUT2D eigenvalue weighted by Gasteiger charge is -2.00. The summed E-state index contributed by atoms with van der Waals surface area (Å²) in [6.45, 7) is 3.77. The molecule has 0 aliphatic heterocycles. The fraction of sp³-hybridized carbons (Fsp3) is 0.222. The molecule has 14 heavy (non-hydrogen) atoms. The summed E-state index contributed by atoms with van der Waals surface area (Å²) in [5, 5.41) is 3.58. The van der Waals surface area contributed by atoms with Gasteiger partial charge in [-0.05, 0) is 25.5 Å². The van der Waals surface area contributed by atoms with Gasteiger partial charge in [0.05, 0.1) is 0 Å². The van der Waals surface area contributed by atoms with E-state index >= 15 is 0 Å². The van der Waals surface area contributed by atoms with Crippen molar-refractivity contribution in [3.63, 3.8) is 0 Å². The summed E-state index contributed by atoms with van der Waals surface area (Å²) >= 11 is 0. The molecule has 0 amide bonds. The van der Waals surface area contributed by atoms with Crippen molar-refractivity contribution < 1.29 is 4.52 Å². The zero-order chi connectivity index (χ0) is 10.1. The van der Waals surface area contributed by atoms with E-state index in [9.17, 15) is 4.79 Å². The van der Waals surface area contributed by atoms with E-state index in [1.54, 1.807) is 0 Å². The number of hydrogen-bond donors (Lipinski definition) is 1. The van der Waals surface area contributed by atoms with Gasteiger partial charge in [-0.2, -0.15) is 0 Å². The van der Waals surface area contributed by atoms with Crippen LogP contribution in [0.25, 0.3) is 11.5 Å². The van der Waals surface area contributed by atoms with Crippen LogP contribution in [0.5, 0.6) is 0 Å². The standard InChI is InChI=1S/C9H9N3O2/c1-5-3-4-6(2)10-7(5)8-11-9(13)14-12-8/h3-4H,1-2H3,(H,11,12,13). The molecule has 5 nitrogen and oxygen atoms in total. The zero-order valence-corrected chi connectivity index (χ0v) is 7.87. The Labute approximate surface area is 79.8 Å². The van der Waals surface area contributed by atoms with E-state index in [2.05, 4.69) is 19.6 Å². The van der Waals surface area contributed by atoms with Gasteiger partial charge in [-0.25, -0.2) is 9.78 Å². The lowest BCUT2D eigenvalue weighted by atomic mass is 10.2. The van der Waals surface area contributed by atoms with E-state index in [1.807, 2.05) is 26.0 Å². The number of rotatable bonds is 1. The van der Waals surface area contributed by atoms with Gasteiger partial charge < -0.3 is 0 Å². The molecule has 0 atom stereocenters. The molecular formula is C9H9N3O2. The number of hydrogen-bond acceptors (Lipinski definition) is 4. The second kappa shape index (κ2) is 3.10. The van der Waals surface area contributed by atoms with Crippen LogP contribution in [-0.4, -0.2) is 15.1 Å². The summed E-state index contributed by atoms with van der Waals surface area (Å²) in [6.07, 6.45) is 0. The van der Waals surface area contributed by atoms with Crippen LogP contribution in [-0.2, 0) is 0 Å². The molecule has 0 spiro atoms. The molecule has 0 radical (unpaired) electrons. The second-order valence-corrected chi connectivity index (χ2v) is 3.06. The van der Waals surface area contributed by atoms with Gasteiger partial charge in [-0.3, -0.25) is 9.51 Å². The van der Waals surface area contributed by atoms with Gasteiger partial charge in [0.2, 0.25) is 5.82 Å². The normalized spacial score (nSPS) is 10.4. The van der Waals surface area contributed by atoms with Crippen molar-refractivity contribution in [1.29, 1.82) is 0 Å². The van der Waals surface area contributed by atoms with Crippen LogP contribution in [0.3, 0.4) is 0 Å². The Morgan fingerprint density at radius 1 is 1.36 bits per heavy atom. The molecule has 0 aromatic carbocycles. The maximum absolute atomic E-state index is 10.7. The van der Waals surface area contributed by atoms with Gasteiger partial charge in [0.15, 0.2) is 0 Å². The van der Waals surface area contributed by atoms with Crippen LogP contribution in [0.2, 0.25) is 0 Å². The molecule has 0 aliphatic rings. The molecule has 0 unspecified atom stereocenters.